The van der Waals surface area contributed by atoms with E-state index >= 15 is 0 Å². The fraction of sp³-hybridized carbons (Fsp3) is 0.103. The molecule has 0 unspecified atom stereocenters. The third-order valence-corrected chi connectivity index (χ3v) is 14.3. The number of hydrogen-bond acceptors (Lipinski definition) is 2. The summed E-state index contributed by atoms with van der Waals surface area (Å²) in [5.41, 5.74) is 17.6. The molecule has 282 valence electrons. The molecule has 0 saturated heterocycles. The van der Waals surface area contributed by atoms with Gasteiger partial charge in [0.2, 0.25) is 0 Å². The van der Waals surface area contributed by atoms with Gasteiger partial charge in [0, 0.05) is 34.0 Å². The third kappa shape index (κ3) is 4.43. The number of pyridine rings is 2. The monoisotopic (exact) mass is 764 g/mol. The van der Waals surface area contributed by atoms with Crippen molar-refractivity contribution in [3.63, 3.8) is 0 Å². The molecule has 2 aliphatic rings. The molecule has 0 spiro atoms. The summed E-state index contributed by atoms with van der Waals surface area (Å²) in [4.78, 5) is 9.62. The lowest BCUT2D eigenvalue weighted by Gasteiger charge is -2.23. The maximum absolute atomic E-state index is 4.81. The molecule has 0 bridgehead atoms. The maximum Gasteiger partial charge on any atom is 0.0708 e. The third-order valence-electron chi connectivity index (χ3n) is 14.3. The maximum atomic E-state index is 4.81. The van der Waals surface area contributed by atoms with Crippen molar-refractivity contribution in [2.45, 2.75) is 38.5 Å². The van der Waals surface area contributed by atoms with Gasteiger partial charge in [0.1, 0.15) is 0 Å². The SMILES string of the molecule is CC1(C)c2ccccc2-c2c1ccc1c2c(-c2ccc3cccnc3c2)cc2cc3cc(-c4ccc5cccnc5c4)c4c5c(ccc4c3cc21)C(C)(C)c1ccccc1-5. The van der Waals surface area contributed by atoms with Crippen LogP contribution in [0.25, 0.3) is 109 Å². The summed E-state index contributed by atoms with van der Waals surface area (Å²) in [6.45, 7) is 9.52. The summed E-state index contributed by atoms with van der Waals surface area (Å²) < 4.78 is 0. The molecular formula is C58H40N2. The molecule has 11 aromatic rings. The van der Waals surface area contributed by atoms with Crippen molar-refractivity contribution in [2.24, 2.45) is 0 Å². The van der Waals surface area contributed by atoms with Crippen LogP contribution in [-0.2, 0) is 10.8 Å². The predicted octanol–water partition coefficient (Wildman–Crippen LogP) is 15.3. The average Bonchev–Trinajstić information content (AvgIpc) is 3.67. The molecule has 2 heteroatoms. The summed E-state index contributed by atoms with van der Waals surface area (Å²) in [5, 5.41) is 12.5. The van der Waals surface area contributed by atoms with E-state index in [1.807, 2.05) is 24.5 Å². The molecule has 0 atom stereocenters. The number of benzene rings is 9. The van der Waals surface area contributed by atoms with Gasteiger partial charge in [-0.1, -0.05) is 137 Å². The van der Waals surface area contributed by atoms with Gasteiger partial charge in [-0.15, -0.1) is 0 Å². The lowest BCUT2D eigenvalue weighted by molar-refractivity contribution is 0.660. The molecule has 0 radical (unpaired) electrons. The van der Waals surface area contributed by atoms with Crippen molar-refractivity contribution in [3.8, 4) is 44.5 Å². The molecular weight excluding hydrogens is 725 g/mol. The molecule has 9 aromatic carbocycles. The van der Waals surface area contributed by atoms with Crippen LogP contribution in [0.2, 0.25) is 0 Å². The normalized spacial score (nSPS) is 14.6. The molecule has 2 nitrogen and oxygen atoms in total. The van der Waals surface area contributed by atoms with Crippen molar-refractivity contribution in [1.82, 2.24) is 9.97 Å². The van der Waals surface area contributed by atoms with E-state index in [9.17, 15) is 0 Å². The smallest absolute Gasteiger partial charge is 0.0708 e. The van der Waals surface area contributed by atoms with Crippen molar-refractivity contribution >= 4 is 64.9 Å². The van der Waals surface area contributed by atoms with Crippen molar-refractivity contribution in [1.29, 1.82) is 0 Å². The first-order chi connectivity index (χ1) is 29.3. The van der Waals surface area contributed by atoms with Crippen LogP contribution in [0, 0.1) is 0 Å². The van der Waals surface area contributed by atoms with Crippen LogP contribution in [0.1, 0.15) is 49.9 Å². The van der Waals surface area contributed by atoms with Gasteiger partial charge in [0.25, 0.3) is 0 Å². The Morgan fingerprint density at radius 1 is 0.333 bits per heavy atom. The average molecular weight is 765 g/mol. The van der Waals surface area contributed by atoms with E-state index < -0.39 is 0 Å². The van der Waals surface area contributed by atoms with E-state index in [0.29, 0.717) is 0 Å². The van der Waals surface area contributed by atoms with Crippen LogP contribution in [0.4, 0.5) is 0 Å². The zero-order valence-corrected chi connectivity index (χ0v) is 34.1. The molecule has 0 fully saturated rings. The Labute approximate surface area is 348 Å². The Bertz CT molecular complexity index is 3480. The number of rotatable bonds is 2. The molecule has 2 aliphatic carbocycles. The predicted molar refractivity (Wildman–Crippen MR) is 253 cm³/mol. The summed E-state index contributed by atoms with van der Waals surface area (Å²) in [5.74, 6) is 0. The van der Waals surface area contributed by atoms with Crippen molar-refractivity contribution in [2.75, 3.05) is 0 Å². The van der Waals surface area contributed by atoms with Gasteiger partial charge >= 0.3 is 0 Å². The van der Waals surface area contributed by atoms with Crippen LogP contribution >= 0.6 is 0 Å². The van der Waals surface area contributed by atoms with Crippen molar-refractivity contribution < 1.29 is 0 Å². The van der Waals surface area contributed by atoms with Gasteiger partial charge in [-0.25, -0.2) is 0 Å². The first-order valence-electron chi connectivity index (χ1n) is 21.1. The minimum absolute atomic E-state index is 0.115. The van der Waals surface area contributed by atoms with Gasteiger partial charge < -0.3 is 0 Å². The fourth-order valence-corrected chi connectivity index (χ4v) is 11.3. The lowest BCUT2D eigenvalue weighted by Crippen LogP contribution is -2.14. The number of aromatic nitrogens is 2. The Hall–Kier alpha value is -7.16. The van der Waals surface area contributed by atoms with E-state index in [1.165, 1.54) is 110 Å². The second kappa shape index (κ2) is 11.7. The second-order valence-corrected chi connectivity index (χ2v) is 18.1. The van der Waals surface area contributed by atoms with Crippen LogP contribution in [0.3, 0.4) is 0 Å². The largest absolute Gasteiger partial charge is 0.256 e. The van der Waals surface area contributed by atoms with Gasteiger partial charge in [-0.2, -0.15) is 0 Å². The molecule has 2 heterocycles. The van der Waals surface area contributed by atoms with Crippen LogP contribution in [0.15, 0.2) is 170 Å². The van der Waals surface area contributed by atoms with Gasteiger partial charge in [0.05, 0.1) is 11.0 Å². The van der Waals surface area contributed by atoms with E-state index in [4.69, 9.17) is 9.97 Å². The Kier molecular flexibility index (Phi) is 6.61. The highest BCUT2D eigenvalue weighted by molar-refractivity contribution is 6.27. The number of fused-ring (bicyclic) bond motifs is 16. The van der Waals surface area contributed by atoms with Gasteiger partial charge in [0.15, 0.2) is 0 Å². The summed E-state index contributed by atoms with van der Waals surface area (Å²) in [6, 6.07) is 59.5. The quantitative estimate of drug-likeness (QED) is 0.129. The molecule has 2 aromatic heterocycles. The minimum Gasteiger partial charge on any atom is -0.256 e. The molecule has 0 saturated carbocycles. The molecule has 13 rings (SSSR count). The van der Waals surface area contributed by atoms with Crippen LogP contribution in [-0.4, -0.2) is 9.97 Å². The van der Waals surface area contributed by atoms with Gasteiger partial charge in [-0.3, -0.25) is 9.97 Å². The van der Waals surface area contributed by atoms with Crippen LogP contribution < -0.4 is 0 Å². The second-order valence-electron chi connectivity index (χ2n) is 18.1. The highest BCUT2D eigenvalue weighted by Crippen LogP contribution is 2.56. The zero-order chi connectivity index (χ0) is 40.1. The Morgan fingerprint density at radius 3 is 1.28 bits per heavy atom. The van der Waals surface area contributed by atoms with Crippen LogP contribution in [0.5, 0.6) is 0 Å². The minimum atomic E-state index is -0.115. The van der Waals surface area contributed by atoms with Gasteiger partial charge in [-0.05, 0) is 158 Å². The molecule has 0 N–H and O–H groups in total. The molecule has 60 heavy (non-hydrogen) atoms. The highest BCUT2D eigenvalue weighted by Gasteiger charge is 2.38. The van der Waals surface area contributed by atoms with Crippen molar-refractivity contribution in [3.05, 3.63) is 192 Å². The zero-order valence-electron chi connectivity index (χ0n) is 34.1. The summed E-state index contributed by atoms with van der Waals surface area (Å²) in [7, 11) is 0. The van der Waals surface area contributed by atoms with E-state index in [-0.39, 0.29) is 10.8 Å². The topological polar surface area (TPSA) is 25.8 Å². The lowest BCUT2D eigenvalue weighted by atomic mass is 9.80. The first kappa shape index (κ1) is 33.8. The number of nitrogens with zero attached hydrogens (tertiary/aromatic N) is 2. The summed E-state index contributed by atoms with van der Waals surface area (Å²) in [6.07, 6.45) is 3.80. The van der Waals surface area contributed by atoms with E-state index in [0.717, 1.165) is 21.8 Å². The summed E-state index contributed by atoms with van der Waals surface area (Å²) >= 11 is 0. The highest BCUT2D eigenvalue weighted by atomic mass is 14.6. The van der Waals surface area contributed by atoms with E-state index in [1.54, 1.807) is 0 Å². The Morgan fingerprint density at radius 2 is 0.800 bits per heavy atom. The fourth-order valence-electron chi connectivity index (χ4n) is 11.3. The standard InChI is InChI=1S/C58H40N2/c1-57(2)47-15-7-5-13-41(47)55-49(57)23-21-39-43-32-44-38(27-37(43)28-45(53(39)55)35-19-17-33-11-9-25-59-51(33)30-35)29-46(36-20-18-34-12-10-26-60-52(34)31-36)54-40(44)22-24-50-56(54)42-14-6-8-16-48(42)58(50,3)4/h5-32H,1-4H3. The molecule has 0 amide bonds. The first-order valence-corrected chi connectivity index (χ1v) is 21.1. The molecule has 0 aliphatic heterocycles. The number of hydrogen-bond donors (Lipinski definition) is 0. The Balaban J connectivity index is 1.19. The van der Waals surface area contributed by atoms with E-state index in [2.05, 4.69) is 173 Å².